The van der Waals surface area contributed by atoms with E-state index in [1.807, 2.05) is 0 Å². The maximum absolute atomic E-state index is 11.8. The topological polar surface area (TPSA) is 25.3 Å². The van der Waals surface area contributed by atoms with E-state index in [9.17, 15) is 5.53 Å². The molecule has 0 atom stereocenters. The minimum Gasteiger partial charge on any atom is -0.493 e. The van der Waals surface area contributed by atoms with Crippen molar-refractivity contribution >= 4 is 11.4 Å². The predicted octanol–water partition coefficient (Wildman–Crippen LogP) is 10.7. The van der Waals surface area contributed by atoms with Crippen molar-refractivity contribution in [2.24, 2.45) is 0 Å². The molecule has 1 heterocycles. The van der Waals surface area contributed by atoms with Gasteiger partial charge in [0.2, 0.25) is 11.4 Å². The van der Waals surface area contributed by atoms with Crippen molar-refractivity contribution < 1.29 is 4.70 Å². The Morgan fingerprint density at radius 2 is 1.14 bits per heavy atom. The Balaban J connectivity index is 2.02. The van der Waals surface area contributed by atoms with E-state index in [2.05, 4.69) is 76.2 Å². The molecule has 0 unspecified atom stereocenters. The van der Waals surface area contributed by atoms with E-state index >= 15 is 0 Å². The molecule has 1 aliphatic rings. The molecule has 1 aliphatic heterocycles. The summed E-state index contributed by atoms with van der Waals surface area (Å²) in [7, 11) is 0. The first-order chi connectivity index (χ1) is 17.6. The standard InChI is InChI=1S/C34H48N2/c1-5-9-12-13-14-15-21-32-31(20-11-7-3)33(29-24-22-27(8-4)23-25-29)36(35)34(32)30-19-16-18-28(26-30)17-10-6-2/h16,18-19,22-26H,5-15,17,20-21H2,1-4H3. The molecule has 0 spiro atoms. The van der Waals surface area contributed by atoms with Gasteiger partial charge in [-0.1, -0.05) is 96.9 Å². The van der Waals surface area contributed by atoms with Crippen LogP contribution in [0.4, 0.5) is 0 Å². The van der Waals surface area contributed by atoms with E-state index in [-0.39, 0.29) is 0 Å². The number of aryl methyl sites for hydroxylation is 2. The summed E-state index contributed by atoms with van der Waals surface area (Å²) in [6, 6.07) is 17.7. The minimum absolute atomic E-state index is 1.00. The molecule has 0 saturated carbocycles. The van der Waals surface area contributed by atoms with Crippen LogP contribution in [-0.2, 0) is 12.8 Å². The number of hydrogen-bond acceptors (Lipinski definition) is 0. The highest BCUT2D eigenvalue weighted by Gasteiger charge is 2.35. The Bertz CT molecular complexity index is 1040. The van der Waals surface area contributed by atoms with Crippen molar-refractivity contribution in [3.8, 4) is 0 Å². The molecule has 0 bridgehead atoms. The van der Waals surface area contributed by atoms with Crippen LogP contribution in [-0.4, -0.2) is 4.70 Å². The SMILES string of the molecule is CCCCCCCCC1=C(c2cccc(CCCC)c2)[N+](=[N-])C(c2ccc(CC)cc2)=C1CCCC. The summed E-state index contributed by atoms with van der Waals surface area (Å²) in [6.45, 7) is 8.98. The first-order valence-corrected chi connectivity index (χ1v) is 14.8. The molecule has 2 aromatic rings. The zero-order chi connectivity index (χ0) is 25.8. The molecule has 0 fully saturated rings. The van der Waals surface area contributed by atoms with E-state index in [1.165, 1.54) is 78.3 Å². The van der Waals surface area contributed by atoms with Crippen LogP contribution in [0.25, 0.3) is 16.9 Å². The van der Waals surface area contributed by atoms with E-state index in [0.717, 1.165) is 61.0 Å². The largest absolute Gasteiger partial charge is 0.493 e. The van der Waals surface area contributed by atoms with Gasteiger partial charge in [-0.2, -0.15) is 0 Å². The number of nitrogens with zero attached hydrogens (tertiary/aromatic N) is 2. The van der Waals surface area contributed by atoms with E-state index < -0.39 is 0 Å². The molecule has 0 radical (unpaired) electrons. The summed E-state index contributed by atoms with van der Waals surface area (Å²) in [5.74, 6) is 0. The maximum atomic E-state index is 11.8. The van der Waals surface area contributed by atoms with Gasteiger partial charge >= 0.3 is 0 Å². The second-order valence-corrected chi connectivity index (χ2v) is 10.4. The average molecular weight is 485 g/mol. The Labute approximate surface area is 221 Å². The number of unbranched alkanes of at least 4 members (excludes halogenated alkanes) is 7. The summed E-state index contributed by atoms with van der Waals surface area (Å²) >= 11 is 0. The lowest BCUT2D eigenvalue weighted by Gasteiger charge is -2.11. The van der Waals surface area contributed by atoms with Gasteiger partial charge in [-0.05, 0) is 80.3 Å². The van der Waals surface area contributed by atoms with Gasteiger partial charge in [0, 0.05) is 22.3 Å². The summed E-state index contributed by atoms with van der Waals surface area (Å²) in [4.78, 5) is 0. The quantitative estimate of drug-likeness (QED) is 0.167. The Morgan fingerprint density at radius 1 is 0.556 bits per heavy atom. The van der Waals surface area contributed by atoms with E-state index in [1.54, 1.807) is 0 Å². The van der Waals surface area contributed by atoms with Gasteiger partial charge in [0.25, 0.3) is 0 Å². The van der Waals surface area contributed by atoms with Crippen LogP contribution >= 0.6 is 0 Å². The fraction of sp³-hybridized carbons (Fsp3) is 0.529. The Hall–Kier alpha value is -2.48. The third kappa shape index (κ3) is 7.28. The highest BCUT2D eigenvalue weighted by Crippen LogP contribution is 2.44. The van der Waals surface area contributed by atoms with Gasteiger partial charge in [0.15, 0.2) is 0 Å². The normalized spacial score (nSPS) is 13.8. The number of allylic oxidation sites excluding steroid dienone is 2. The van der Waals surface area contributed by atoms with Crippen molar-refractivity contribution in [2.45, 2.75) is 118 Å². The first kappa shape index (κ1) is 28.1. The molecular formula is C34H48N2. The van der Waals surface area contributed by atoms with Crippen molar-refractivity contribution in [1.29, 1.82) is 0 Å². The van der Waals surface area contributed by atoms with Crippen LogP contribution in [0.1, 0.15) is 127 Å². The fourth-order valence-electron chi connectivity index (χ4n) is 5.37. The van der Waals surface area contributed by atoms with E-state index in [0.29, 0.717) is 0 Å². The lowest BCUT2D eigenvalue weighted by molar-refractivity contribution is -0.345. The summed E-state index contributed by atoms with van der Waals surface area (Å²) in [5.41, 5.74) is 21.5. The molecule has 2 nitrogen and oxygen atoms in total. The lowest BCUT2D eigenvalue weighted by Crippen LogP contribution is -2.03. The van der Waals surface area contributed by atoms with Gasteiger partial charge in [-0.15, -0.1) is 0 Å². The van der Waals surface area contributed by atoms with Crippen LogP contribution < -0.4 is 0 Å². The van der Waals surface area contributed by atoms with Crippen molar-refractivity contribution in [1.82, 2.24) is 0 Å². The molecular weight excluding hydrogens is 436 g/mol. The predicted molar refractivity (Wildman–Crippen MR) is 156 cm³/mol. The molecule has 0 amide bonds. The molecule has 0 aliphatic carbocycles. The summed E-state index contributed by atoms with van der Waals surface area (Å²) in [5, 5.41) is 0. The van der Waals surface area contributed by atoms with Crippen LogP contribution in [0.3, 0.4) is 0 Å². The van der Waals surface area contributed by atoms with Crippen LogP contribution in [0.15, 0.2) is 59.7 Å². The smallest absolute Gasteiger partial charge is 0.211 e. The molecule has 36 heavy (non-hydrogen) atoms. The molecule has 2 heteroatoms. The Kier molecular flexibility index (Phi) is 11.7. The zero-order valence-corrected chi connectivity index (χ0v) is 23.4. The highest BCUT2D eigenvalue weighted by molar-refractivity contribution is 5.82. The molecule has 3 rings (SSSR count). The van der Waals surface area contributed by atoms with Gasteiger partial charge in [-0.3, -0.25) is 0 Å². The number of benzene rings is 2. The molecule has 0 saturated heterocycles. The van der Waals surface area contributed by atoms with E-state index in [4.69, 9.17) is 0 Å². The second kappa shape index (κ2) is 14.9. The molecule has 194 valence electrons. The third-order valence-corrected chi connectivity index (χ3v) is 7.58. The van der Waals surface area contributed by atoms with Crippen LogP contribution in [0.2, 0.25) is 0 Å². The number of rotatable bonds is 16. The molecule has 0 N–H and O–H groups in total. The fourth-order valence-corrected chi connectivity index (χ4v) is 5.37. The third-order valence-electron chi connectivity index (χ3n) is 7.58. The van der Waals surface area contributed by atoms with Gasteiger partial charge in [0.05, 0.1) is 0 Å². The highest BCUT2D eigenvalue weighted by atomic mass is 15.2. The number of hydrogen-bond donors (Lipinski definition) is 0. The maximum Gasteiger partial charge on any atom is 0.211 e. The summed E-state index contributed by atoms with van der Waals surface area (Å²) in [6.07, 6.45) is 16.6. The van der Waals surface area contributed by atoms with Crippen LogP contribution in [0, 0.1) is 0 Å². The lowest BCUT2D eigenvalue weighted by atomic mass is 9.91. The Morgan fingerprint density at radius 3 is 1.81 bits per heavy atom. The average Bonchev–Trinajstić information content (AvgIpc) is 3.19. The monoisotopic (exact) mass is 484 g/mol. The van der Waals surface area contributed by atoms with Gasteiger partial charge in [0.1, 0.15) is 0 Å². The first-order valence-electron chi connectivity index (χ1n) is 14.8. The van der Waals surface area contributed by atoms with Crippen molar-refractivity contribution in [3.05, 3.63) is 87.5 Å². The minimum atomic E-state index is 1.00. The zero-order valence-electron chi connectivity index (χ0n) is 23.4. The van der Waals surface area contributed by atoms with Crippen LogP contribution in [0.5, 0.6) is 0 Å². The second-order valence-electron chi connectivity index (χ2n) is 10.4. The molecule has 2 aromatic carbocycles. The van der Waals surface area contributed by atoms with Crippen molar-refractivity contribution in [3.63, 3.8) is 0 Å². The van der Waals surface area contributed by atoms with Crippen molar-refractivity contribution in [2.75, 3.05) is 0 Å². The summed E-state index contributed by atoms with van der Waals surface area (Å²) < 4.78 is 1.54. The van der Waals surface area contributed by atoms with Gasteiger partial charge in [-0.25, -0.2) is 4.70 Å². The van der Waals surface area contributed by atoms with Gasteiger partial charge < -0.3 is 5.53 Å². The molecule has 0 aromatic heterocycles.